The Morgan fingerprint density at radius 2 is 1.78 bits per heavy atom. The van der Waals surface area contributed by atoms with Crippen molar-refractivity contribution in [3.05, 3.63) is 75.8 Å². The summed E-state index contributed by atoms with van der Waals surface area (Å²) < 4.78 is 18.5. The van der Waals surface area contributed by atoms with Crippen LogP contribution < -0.4 is 9.47 Å². The quantitative estimate of drug-likeness (QED) is 0.213. The van der Waals surface area contributed by atoms with Crippen molar-refractivity contribution in [2.24, 2.45) is 0 Å². The number of aromatic amines is 1. The van der Waals surface area contributed by atoms with Gasteiger partial charge in [0, 0.05) is 31.3 Å². The molecule has 2 N–H and O–H groups in total. The van der Waals surface area contributed by atoms with Crippen molar-refractivity contribution < 1.29 is 19.3 Å². The molecular formula is C29H33BrN2O4. The molecule has 0 radical (unpaired) electrons. The number of hydrogen-bond donors (Lipinski definition) is 2. The second-order valence-electron chi connectivity index (χ2n) is 9.04. The topological polar surface area (TPSA) is 76.6 Å². The van der Waals surface area contributed by atoms with Crippen molar-refractivity contribution in [2.75, 3.05) is 27.4 Å². The molecule has 0 amide bonds. The molecule has 1 atom stereocenters. The third-order valence-corrected chi connectivity index (χ3v) is 7.16. The minimum atomic E-state index is -0.317. The maximum Gasteiger partial charge on any atom is 0.145 e. The van der Waals surface area contributed by atoms with Crippen molar-refractivity contribution >= 4 is 27.0 Å². The lowest BCUT2D eigenvalue weighted by molar-refractivity contribution is 0.124. The van der Waals surface area contributed by atoms with Gasteiger partial charge in [-0.1, -0.05) is 56.3 Å². The van der Waals surface area contributed by atoms with Crippen molar-refractivity contribution in [3.8, 4) is 22.9 Å². The van der Waals surface area contributed by atoms with Gasteiger partial charge in [0.15, 0.2) is 0 Å². The summed E-state index contributed by atoms with van der Waals surface area (Å²) in [6, 6.07) is 18.3. The second-order valence-corrected chi connectivity index (χ2v) is 9.83. The van der Waals surface area contributed by atoms with E-state index in [1.165, 1.54) is 5.56 Å². The van der Waals surface area contributed by atoms with Gasteiger partial charge in [0.1, 0.15) is 34.5 Å². The standard InChI is InChI=1S/C29H33BrN2O4/c1-18(2)19-9-11-21(12-10-19)29-31-27-25(35-4)17-22(26(30)28(27)32-29)24(14-16-34-3)36-23-8-6-5-7-20(23)13-15-33/h5-12,17-18,24,33H,13-16H2,1-4H3,(H,31,32). The van der Waals surface area contributed by atoms with Crippen LogP contribution in [0, 0.1) is 0 Å². The van der Waals surface area contributed by atoms with Crippen LogP contribution in [0.5, 0.6) is 11.5 Å². The van der Waals surface area contributed by atoms with Crippen LogP contribution in [-0.2, 0) is 11.2 Å². The van der Waals surface area contributed by atoms with Gasteiger partial charge < -0.3 is 24.3 Å². The first-order valence-corrected chi connectivity index (χ1v) is 13.0. The third-order valence-electron chi connectivity index (χ3n) is 6.32. The molecule has 1 unspecified atom stereocenters. The molecule has 1 aromatic heterocycles. The molecule has 0 spiro atoms. The van der Waals surface area contributed by atoms with Gasteiger partial charge in [-0.05, 0) is 51.5 Å². The van der Waals surface area contributed by atoms with Crippen LogP contribution in [0.3, 0.4) is 0 Å². The number of rotatable bonds is 11. The number of methoxy groups -OCH3 is 2. The van der Waals surface area contributed by atoms with E-state index in [0.717, 1.165) is 43.8 Å². The normalized spacial score (nSPS) is 12.3. The number of nitrogens with one attached hydrogen (secondary N) is 1. The highest BCUT2D eigenvalue weighted by Gasteiger charge is 2.24. The van der Waals surface area contributed by atoms with E-state index in [-0.39, 0.29) is 12.7 Å². The molecule has 6 nitrogen and oxygen atoms in total. The maximum absolute atomic E-state index is 9.49. The number of H-pyrrole nitrogens is 1. The van der Waals surface area contributed by atoms with Crippen molar-refractivity contribution in [1.29, 1.82) is 0 Å². The number of hydrogen-bond acceptors (Lipinski definition) is 5. The first-order valence-electron chi connectivity index (χ1n) is 12.2. The van der Waals surface area contributed by atoms with E-state index >= 15 is 0 Å². The van der Waals surface area contributed by atoms with Gasteiger partial charge in [0.25, 0.3) is 0 Å². The second kappa shape index (κ2) is 11.9. The van der Waals surface area contributed by atoms with E-state index in [1.54, 1.807) is 14.2 Å². The van der Waals surface area contributed by atoms with Crippen LogP contribution in [0.2, 0.25) is 0 Å². The Bertz CT molecular complexity index is 1300. The highest BCUT2D eigenvalue weighted by molar-refractivity contribution is 9.10. The average molecular weight is 553 g/mol. The average Bonchev–Trinajstić information content (AvgIpc) is 3.34. The molecule has 4 rings (SSSR count). The lowest BCUT2D eigenvalue weighted by atomic mass is 10.0. The molecule has 36 heavy (non-hydrogen) atoms. The minimum absolute atomic E-state index is 0.0563. The number of para-hydroxylation sites is 1. The first kappa shape index (κ1) is 26.2. The fourth-order valence-corrected chi connectivity index (χ4v) is 4.94. The number of fused-ring (bicyclic) bond motifs is 1. The monoisotopic (exact) mass is 552 g/mol. The lowest BCUT2D eigenvalue weighted by Crippen LogP contribution is -2.13. The van der Waals surface area contributed by atoms with Gasteiger partial charge in [-0.15, -0.1) is 0 Å². The summed E-state index contributed by atoms with van der Waals surface area (Å²) in [5.74, 6) is 2.68. The van der Waals surface area contributed by atoms with E-state index < -0.39 is 0 Å². The van der Waals surface area contributed by atoms with Crippen molar-refractivity contribution in [2.45, 2.75) is 38.7 Å². The Labute approximate surface area is 220 Å². The fourth-order valence-electron chi connectivity index (χ4n) is 4.28. The van der Waals surface area contributed by atoms with Crippen LogP contribution >= 0.6 is 15.9 Å². The molecule has 190 valence electrons. The summed E-state index contributed by atoms with van der Waals surface area (Å²) in [4.78, 5) is 8.39. The van der Waals surface area contributed by atoms with E-state index in [0.29, 0.717) is 31.1 Å². The lowest BCUT2D eigenvalue weighted by Gasteiger charge is -2.23. The SMILES string of the molecule is COCCC(Oc1ccccc1CCO)c1cc(OC)c2[nH]c(-c3ccc(C(C)C)cc3)nc2c1Br. The van der Waals surface area contributed by atoms with Crippen LogP contribution in [-0.4, -0.2) is 42.5 Å². The Balaban J connectivity index is 1.77. The van der Waals surface area contributed by atoms with Gasteiger partial charge in [0.05, 0.1) is 18.2 Å². The summed E-state index contributed by atoms with van der Waals surface area (Å²) in [5.41, 5.74) is 5.78. The van der Waals surface area contributed by atoms with Crippen LogP contribution in [0.25, 0.3) is 22.4 Å². The summed E-state index contributed by atoms with van der Waals surface area (Å²) in [6.07, 6.45) is 0.836. The molecule has 0 bridgehead atoms. The van der Waals surface area contributed by atoms with Crippen molar-refractivity contribution in [1.82, 2.24) is 9.97 Å². The fraction of sp³-hybridized carbons (Fsp3) is 0.345. The molecule has 7 heteroatoms. The molecule has 3 aromatic carbocycles. The third kappa shape index (κ3) is 5.59. The zero-order chi connectivity index (χ0) is 25.7. The number of aliphatic hydroxyl groups is 1. The Morgan fingerprint density at radius 1 is 1.03 bits per heavy atom. The summed E-state index contributed by atoms with van der Waals surface area (Å²) in [7, 11) is 3.34. The van der Waals surface area contributed by atoms with E-state index in [4.69, 9.17) is 19.2 Å². The molecule has 0 saturated heterocycles. The number of benzene rings is 3. The number of ether oxygens (including phenoxy) is 3. The van der Waals surface area contributed by atoms with Gasteiger partial charge in [-0.25, -0.2) is 4.98 Å². The van der Waals surface area contributed by atoms with E-state index in [1.807, 2.05) is 30.3 Å². The van der Waals surface area contributed by atoms with Gasteiger partial charge in [-0.3, -0.25) is 0 Å². The van der Waals surface area contributed by atoms with Gasteiger partial charge in [-0.2, -0.15) is 0 Å². The predicted molar refractivity (Wildman–Crippen MR) is 147 cm³/mol. The number of aromatic nitrogens is 2. The van der Waals surface area contributed by atoms with Gasteiger partial charge >= 0.3 is 0 Å². The molecule has 4 aromatic rings. The molecule has 0 saturated carbocycles. The number of nitrogens with zero attached hydrogens (tertiary/aromatic N) is 1. The summed E-state index contributed by atoms with van der Waals surface area (Å²) in [5, 5.41) is 9.49. The Kier molecular flexibility index (Phi) is 8.67. The Hall–Kier alpha value is -2.87. The predicted octanol–water partition coefficient (Wildman–Crippen LogP) is 6.82. The molecular weight excluding hydrogens is 520 g/mol. The molecule has 1 heterocycles. The highest BCUT2D eigenvalue weighted by atomic mass is 79.9. The van der Waals surface area contributed by atoms with Crippen LogP contribution in [0.15, 0.2) is 59.1 Å². The smallest absolute Gasteiger partial charge is 0.145 e. The van der Waals surface area contributed by atoms with Crippen LogP contribution in [0.4, 0.5) is 0 Å². The number of halogens is 1. The molecule has 0 aliphatic heterocycles. The van der Waals surface area contributed by atoms with Crippen molar-refractivity contribution in [3.63, 3.8) is 0 Å². The minimum Gasteiger partial charge on any atom is -0.494 e. The van der Waals surface area contributed by atoms with Gasteiger partial charge in [0.2, 0.25) is 0 Å². The molecule has 0 aliphatic rings. The maximum atomic E-state index is 9.49. The summed E-state index contributed by atoms with van der Waals surface area (Å²) in [6.45, 7) is 4.95. The molecule has 0 fully saturated rings. The number of aliphatic hydroxyl groups excluding tert-OH is 1. The number of imidazole rings is 1. The summed E-state index contributed by atoms with van der Waals surface area (Å²) >= 11 is 3.82. The zero-order valence-corrected chi connectivity index (χ0v) is 22.8. The zero-order valence-electron chi connectivity index (χ0n) is 21.2. The van der Waals surface area contributed by atoms with E-state index in [9.17, 15) is 5.11 Å². The highest BCUT2D eigenvalue weighted by Crippen LogP contribution is 2.40. The largest absolute Gasteiger partial charge is 0.494 e. The molecule has 0 aliphatic carbocycles. The van der Waals surface area contributed by atoms with Crippen LogP contribution in [0.1, 0.15) is 49.0 Å². The van der Waals surface area contributed by atoms with E-state index in [2.05, 4.69) is 59.0 Å². The first-order chi connectivity index (χ1) is 17.5. The Morgan fingerprint density at radius 3 is 2.44 bits per heavy atom.